The minimum atomic E-state index is -0.671. The van der Waals surface area contributed by atoms with Gasteiger partial charge in [-0.15, -0.1) is 10.2 Å². The van der Waals surface area contributed by atoms with Crippen molar-refractivity contribution in [3.8, 4) is 6.07 Å². The number of nitriles is 1. The first-order chi connectivity index (χ1) is 11.2. The molecule has 23 heavy (non-hydrogen) atoms. The summed E-state index contributed by atoms with van der Waals surface area (Å²) < 4.78 is 0. The van der Waals surface area contributed by atoms with Gasteiger partial charge >= 0.3 is 0 Å². The fourth-order valence-electron chi connectivity index (χ4n) is 2.47. The van der Waals surface area contributed by atoms with Gasteiger partial charge in [0.1, 0.15) is 6.07 Å². The third-order valence-corrected chi connectivity index (χ3v) is 3.68. The average molecular weight is 304 g/mol. The summed E-state index contributed by atoms with van der Waals surface area (Å²) in [6.45, 7) is 2.27. The lowest BCUT2D eigenvalue weighted by Gasteiger charge is -2.15. The molecule has 0 aliphatic rings. The minimum Gasteiger partial charge on any atom is -0.387 e. The summed E-state index contributed by atoms with van der Waals surface area (Å²) in [6.07, 6.45) is -0.671. The van der Waals surface area contributed by atoms with E-state index in [0.717, 1.165) is 16.5 Å². The Morgan fingerprint density at radius 2 is 1.96 bits per heavy atom. The molecular weight excluding hydrogens is 288 g/mol. The maximum absolute atomic E-state index is 10.3. The van der Waals surface area contributed by atoms with Gasteiger partial charge in [0, 0.05) is 11.9 Å². The topological polar surface area (TPSA) is 81.8 Å². The Hall–Kier alpha value is -2.97. The van der Waals surface area contributed by atoms with Crippen molar-refractivity contribution in [3.63, 3.8) is 0 Å². The van der Waals surface area contributed by atoms with Crippen LogP contribution in [0.15, 0.2) is 48.5 Å². The number of aromatic nitrogens is 2. The van der Waals surface area contributed by atoms with Crippen LogP contribution >= 0.6 is 0 Å². The number of anilines is 1. The van der Waals surface area contributed by atoms with E-state index in [4.69, 9.17) is 0 Å². The zero-order valence-corrected chi connectivity index (χ0v) is 12.7. The number of nitrogens with zero attached hydrogens (tertiary/aromatic N) is 3. The highest BCUT2D eigenvalue weighted by molar-refractivity contribution is 5.93. The monoisotopic (exact) mass is 304 g/mol. The van der Waals surface area contributed by atoms with Crippen LogP contribution in [0.3, 0.4) is 0 Å². The van der Waals surface area contributed by atoms with Gasteiger partial charge in [0.2, 0.25) is 0 Å². The van der Waals surface area contributed by atoms with Gasteiger partial charge in [-0.05, 0) is 24.6 Å². The Morgan fingerprint density at radius 3 is 2.70 bits per heavy atom. The van der Waals surface area contributed by atoms with Crippen molar-refractivity contribution in [2.24, 2.45) is 0 Å². The van der Waals surface area contributed by atoms with Crippen LogP contribution < -0.4 is 5.32 Å². The lowest BCUT2D eigenvalue weighted by atomic mass is 10.1. The van der Waals surface area contributed by atoms with Gasteiger partial charge in [0.05, 0.1) is 17.3 Å². The quantitative estimate of drug-likeness (QED) is 0.774. The third kappa shape index (κ3) is 3.12. The van der Waals surface area contributed by atoms with Crippen LogP contribution in [0.5, 0.6) is 0 Å². The van der Waals surface area contributed by atoms with Gasteiger partial charge in [-0.3, -0.25) is 0 Å². The Balaban J connectivity index is 1.93. The van der Waals surface area contributed by atoms with Crippen LogP contribution in [-0.2, 0) is 0 Å². The molecule has 5 heteroatoms. The number of rotatable bonds is 4. The number of aryl methyl sites for hydroxylation is 1. The summed E-state index contributed by atoms with van der Waals surface area (Å²) in [5, 5.41) is 31.6. The molecule has 2 N–H and O–H groups in total. The molecule has 3 rings (SSSR count). The molecule has 1 aromatic heterocycles. The maximum atomic E-state index is 10.3. The second kappa shape index (κ2) is 6.42. The van der Waals surface area contributed by atoms with E-state index in [-0.39, 0.29) is 12.2 Å². The molecule has 1 atom stereocenters. The molecule has 0 saturated heterocycles. The average Bonchev–Trinajstić information content (AvgIpc) is 2.60. The van der Waals surface area contributed by atoms with E-state index in [1.807, 2.05) is 55.5 Å². The van der Waals surface area contributed by atoms with Crippen LogP contribution in [0.1, 0.15) is 22.9 Å². The fraction of sp³-hybridized carbons (Fsp3) is 0.167. The van der Waals surface area contributed by atoms with Gasteiger partial charge < -0.3 is 10.4 Å². The first-order valence-electron chi connectivity index (χ1n) is 7.33. The van der Waals surface area contributed by atoms with Crippen molar-refractivity contribution in [1.29, 1.82) is 5.26 Å². The highest BCUT2D eigenvalue weighted by Gasteiger charge is 2.13. The third-order valence-electron chi connectivity index (χ3n) is 3.68. The lowest BCUT2D eigenvalue weighted by Crippen LogP contribution is -2.14. The highest BCUT2D eigenvalue weighted by atomic mass is 16.3. The number of hydrogen-bond donors (Lipinski definition) is 2. The maximum Gasteiger partial charge on any atom is 0.186 e. The standard InChI is InChI=1S/C18H16N4O/c1-12-7-8-15-14(9-12)18(16(10-19)22-21-15)20-11-17(23)13-5-3-2-4-6-13/h2-9,17,23H,11H2,1H3,(H,20,21). The van der Waals surface area contributed by atoms with Crippen molar-refractivity contribution in [3.05, 3.63) is 65.4 Å². The summed E-state index contributed by atoms with van der Waals surface area (Å²) in [7, 11) is 0. The largest absolute Gasteiger partial charge is 0.387 e. The molecule has 114 valence electrons. The van der Waals surface area contributed by atoms with Crippen LogP contribution in [0.25, 0.3) is 10.9 Å². The van der Waals surface area contributed by atoms with Crippen LogP contribution in [0.2, 0.25) is 0 Å². The van der Waals surface area contributed by atoms with Crippen LogP contribution in [0, 0.1) is 18.3 Å². The summed E-state index contributed by atoms with van der Waals surface area (Å²) >= 11 is 0. The summed E-state index contributed by atoms with van der Waals surface area (Å²) in [4.78, 5) is 0. The van der Waals surface area contributed by atoms with Gasteiger partial charge in [-0.1, -0.05) is 42.0 Å². The van der Waals surface area contributed by atoms with Crippen molar-refractivity contribution in [1.82, 2.24) is 10.2 Å². The first kappa shape index (κ1) is 14.9. The van der Waals surface area contributed by atoms with Gasteiger partial charge in [-0.25, -0.2) is 0 Å². The molecule has 0 fully saturated rings. The van der Waals surface area contributed by atoms with Crippen molar-refractivity contribution in [2.75, 3.05) is 11.9 Å². The number of aliphatic hydroxyl groups excluding tert-OH is 1. The highest BCUT2D eigenvalue weighted by Crippen LogP contribution is 2.26. The lowest BCUT2D eigenvalue weighted by molar-refractivity contribution is 0.191. The smallest absolute Gasteiger partial charge is 0.186 e. The second-order valence-electron chi connectivity index (χ2n) is 5.36. The second-order valence-corrected chi connectivity index (χ2v) is 5.36. The number of fused-ring (bicyclic) bond motifs is 1. The number of nitrogens with one attached hydrogen (secondary N) is 1. The molecule has 1 unspecified atom stereocenters. The molecule has 0 amide bonds. The zero-order chi connectivity index (χ0) is 16.2. The Kier molecular flexibility index (Phi) is 4.18. The number of hydrogen-bond acceptors (Lipinski definition) is 5. The molecule has 0 bridgehead atoms. The zero-order valence-electron chi connectivity index (χ0n) is 12.7. The van der Waals surface area contributed by atoms with E-state index in [1.54, 1.807) is 0 Å². The Bertz CT molecular complexity index is 871. The van der Waals surface area contributed by atoms with E-state index in [2.05, 4.69) is 21.6 Å². The number of benzene rings is 2. The van der Waals surface area contributed by atoms with E-state index in [9.17, 15) is 10.4 Å². The van der Waals surface area contributed by atoms with Gasteiger partial charge in [0.15, 0.2) is 5.69 Å². The molecule has 5 nitrogen and oxygen atoms in total. The van der Waals surface area contributed by atoms with Crippen molar-refractivity contribution >= 4 is 16.6 Å². The molecule has 3 aromatic rings. The van der Waals surface area contributed by atoms with E-state index >= 15 is 0 Å². The summed E-state index contributed by atoms with van der Waals surface area (Å²) in [6, 6.07) is 17.2. The van der Waals surface area contributed by atoms with E-state index in [1.165, 1.54) is 0 Å². The molecule has 0 saturated carbocycles. The van der Waals surface area contributed by atoms with E-state index < -0.39 is 6.10 Å². The van der Waals surface area contributed by atoms with Gasteiger partial charge in [-0.2, -0.15) is 5.26 Å². The Morgan fingerprint density at radius 1 is 1.17 bits per heavy atom. The first-order valence-corrected chi connectivity index (χ1v) is 7.33. The van der Waals surface area contributed by atoms with Crippen molar-refractivity contribution < 1.29 is 5.11 Å². The van der Waals surface area contributed by atoms with Gasteiger partial charge in [0.25, 0.3) is 0 Å². The molecular formula is C18H16N4O. The normalized spacial score (nSPS) is 11.9. The van der Waals surface area contributed by atoms with Crippen LogP contribution in [-0.4, -0.2) is 21.8 Å². The fourth-order valence-corrected chi connectivity index (χ4v) is 2.47. The van der Waals surface area contributed by atoms with Crippen molar-refractivity contribution in [2.45, 2.75) is 13.0 Å². The Labute approximate surface area is 134 Å². The predicted octanol–water partition coefficient (Wildman–Crippen LogP) is 2.96. The molecule has 0 radical (unpaired) electrons. The minimum absolute atomic E-state index is 0.225. The summed E-state index contributed by atoms with van der Waals surface area (Å²) in [5.41, 5.74) is 3.44. The summed E-state index contributed by atoms with van der Waals surface area (Å²) in [5.74, 6) is 0. The molecule has 0 aliphatic heterocycles. The van der Waals surface area contributed by atoms with E-state index in [0.29, 0.717) is 11.2 Å². The molecule has 0 spiro atoms. The predicted molar refractivity (Wildman–Crippen MR) is 88.9 cm³/mol. The van der Waals surface area contributed by atoms with Crippen LogP contribution in [0.4, 0.5) is 5.69 Å². The molecule has 1 heterocycles. The number of aliphatic hydroxyl groups is 1. The molecule has 2 aromatic carbocycles. The SMILES string of the molecule is Cc1ccc2nnc(C#N)c(NCC(O)c3ccccc3)c2c1. The molecule has 0 aliphatic carbocycles.